The third-order valence-corrected chi connectivity index (χ3v) is 18.7. The van der Waals surface area contributed by atoms with Crippen LogP contribution in [0.15, 0.2) is 48.6 Å². The van der Waals surface area contributed by atoms with Crippen LogP contribution in [0, 0.1) is 0 Å². The predicted molar refractivity (Wildman–Crippen MR) is 390 cm³/mol. The largest absolute Gasteiger partial charge is 0.472 e. The molecule has 0 rings (SSSR count). The molecule has 0 aromatic carbocycles. The Morgan fingerprint density at radius 2 is 0.542 bits per heavy atom. The molecule has 0 aromatic rings. The molecule has 5 unspecified atom stereocenters. The summed E-state index contributed by atoms with van der Waals surface area (Å²) in [5.41, 5.74) is 0. The minimum Gasteiger partial charge on any atom is -0.462 e. The number of aliphatic hydroxyl groups excluding tert-OH is 1. The smallest absolute Gasteiger partial charge is 0.462 e. The Morgan fingerprint density at radius 3 is 0.854 bits per heavy atom. The number of unbranched alkanes of at least 4 members (excludes halogenated alkanes) is 40. The molecule has 0 aliphatic carbocycles. The third kappa shape index (κ3) is 69.5. The number of hydrogen-bond donors (Lipinski definition) is 3. The lowest BCUT2D eigenvalue weighted by Gasteiger charge is -2.21. The highest BCUT2D eigenvalue weighted by Gasteiger charge is 2.30. The van der Waals surface area contributed by atoms with E-state index in [1.54, 1.807) is 0 Å². The van der Waals surface area contributed by atoms with Crippen molar-refractivity contribution < 1.29 is 80.2 Å². The number of carbonyl (C=O) groups excluding carboxylic acids is 4. The Labute approximate surface area is 585 Å². The van der Waals surface area contributed by atoms with Crippen LogP contribution >= 0.6 is 15.6 Å². The molecule has 5 atom stereocenters. The van der Waals surface area contributed by atoms with Gasteiger partial charge in [0.25, 0.3) is 0 Å². The molecule has 0 aromatic heterocycles. The molecule has 562 valence electrons. The van der Waals surface area contributed by atoms with Crippen molar-refractivity contribution in [3.8, 4) is 0 Å². The summed E-state index contributed by atoms with van der Waals surface area (Å²) in [7, 11) is -9.93. The number of esters is 4. The summed E-state index contributed by atoms with van der Waals surface area (Å²) in [6.07, 6.45) is 66.7. The standard InChI is InChI=1S/C77H142O17P2/c1-5-9-13-17-21-25-29-32-34-35-37-39-43-46-50-54-58-62-75(80)88-68-73(94-77(82)64-60-56-52-48-44-40-36-33-30-26-22-18-14-10-6-2)70-92-96(85,86)90-66-71(78)65-89-95(83,84)91-69-72(93-76(81)63-59-55-51-47-41-28-24-20-16-12-8-4)67-87-74(79)61-57-53-49-45-42-38-31-27-23-19-15-11-7-3/h9,13,21,25,27,31-32,34,71-73,78H,5-8,10-12,14-20,22-24,26,28-30,33,35-70H2,1-4H3,(H,83,84)(H,85,86)/b13-9-,25-21-,31-27-,34-32-. The van der Waals surface area contributed by atoms with E-state index in [4.69, 9.17) is 37.0 Å². The summed E-state index contributed by atoms with van der Waals surface area (Å²) < 4.78 is 68.5. The highest BCUT2D eigenvalue weighted by Crippen LogP contribution is 2.45. The SMILES string of the molecule is CC/C=C\C/C=C\C/C=C\CCCCCCCCCC(=O)OCC(COP(=O)(O)OCC(O)COP(=O)(O)OCC(COC(=O)CCCCCCC/C=C\CCCCCC)OC(=O)CCCCCCCCCCCCC)OC(=O)CCCCCCCCCCCCCCCCC. The molecule has 3 N–H and O–H groups in total. The summed E-state index contributed by atoms with van der Waals surface area (Å²) >= 11 is 0. The molecule has 0 saturated heterocycles. The Morgan fingerprint density at radius 1 is 0.302 bits per heavy atom. The molecule has 0 amide bonds. The second kappa shape index (κ2) is 70.5. The van der Waals surface area contributed by atoms with Crippen molar-refractivity contribution in [3.05, 3.63) is 48.6 Å². The fourth-order valence-electron chi connectivity index (χ4n) is 10.9. The van der Waals surface area contributed by atoms with Gasteiger partial charge in [0.05, 0.1) is 26.4 Å². The molecule has 0 aliphatic heterocycles. The molecule has 96 heavy (non-hydrogen) atoms. The van der Waals surface area contributed by atoms with E-state index in [0.29, 0.717) is 25.7 Å². The number of phosphoric ester groups is 2. The van der Waals surface area contributed by atoms with E-state index >= 15 is 0 Å². The van der Waals surface area contributed by atoms with Gasteiger partial charge in [-0.3, -0.25) is 37.3 Å². The Balaban J connectivity index is 5.29. The van der Waals surface area contributed by atoms with E-state index in [2.05, 4.69) is 76.3 Å². The van der Waals surface area contributed by atoms with Crippen molar-refractivity contribution in [3.63, 3.8) is 0 Å². The zero-order chi connectivity index (χ0) is 70.4. The first-order valence-electron chi connectivity index (χ1n) is 38.9. The Kier molecular flexibility index (Phi) is 68.3. The van der Waals surface area contributed by atoms with Gasteiger partial charge in [-0.2, -0.15) is 0 Å². The summed E-state index contributed by atoms with van der Waals surface area (Å²) in [4.78, 5) is 72.8. The van der Waals surface area contributed by atoms with Crippen LogP contribution in [-0.2, 0) is 65.4 Å². The van der Waals surface area contributed by atoms with Crippen molar-refractivity contribution in [1.82, 2.24) is 0 Å². The lowest BCUT2D eigenvalue weighted by molar-refractivity contribution is -0.161. The molecule has 0 radical (unpaired) electrons. The molecule has 0 aliphatic rings. The van der Waals surface area contributed by atoms with E-state index in [1.165, 1.54) is 128 Å². The predicted octanol–water partition coefficient (Wildman–Crippen LogP) is 22.1. The first kappa shape index (κ1) is 93.0. The van der Waals surface area contributed by atoms with Crippen LogP contribution in [0.1, 0.15) is 362 Å². The van der Waals surface area contributed by atoms with Gasteiger partial charge < -0.3 is 33.8 Å². The van der Waals surface area contributed by atoms with Crippen LogP contribution in [0.3, 0.4) is 0 Å². The number of carbonyl (C=O) groups is 4. The van der Waals surface area contributed by atoms with E-state index in [1.807, 2.05) is 0 Å². The van der Waals surface area contributed by atoms with E-state index in [9.17, 15) is 43.2 Å². The monoisotopic (exact) mass is 1400 g/mol. The van der Waals surface area contributed by atoms with Gasteiger partial charge in [0.1, 0.15) is 19.3 Å². The maximum Gasteiger partial charge on any atom is 0.472 e. The van der Waals surface area contributed by atoms with E-state index in [-0.39, 0.29) is 25.7 Å². The van der Waals surface area contributed by atoms with Crippen molar-refractivity contribution in [2.75, 3.05) is 39.6 Å². The number of phosphoric acid groups is 2. The van der Waals surface area contributed by atoms with Crippen molar-refractivity contribution >= 4 is 39.5 Å². The Hall–Kier alpha value is -2.98. The number of allylic oxidation sites excluding steroid dienone is 8. The van der Waals surface area contributed by atoms with Crippen LogP contribution in [0.4, 0.5) is 0 Å². The first-order chi connectivity index (χ1) is 46.7. The van der Waals surface area contributed by atoms with E-state index in [0.717, 1.165) is 154 Å². The highest BCUT2D eigenvalue weighted by molar-refractivity contribution is 7.47. The highest BCUT2D eigenvalue weighted by atomic mass is 31.2. The molecular weight excluding hydrogens is 1260 g/mol. The minimum absolute atomic E-state index is 0.100. The van der Waals surface area contributed by atoms with Gasteiger partial charge in [-0.1, -0.05) is 301 Å². The van der Waals surface area contributed by atoms with Gasteiger partial charge in [0.15, 0.2) is 12.2 Å². The lowest BCUT2D eigenvalue weighted by atomic mass is 10.0. The zero-order valence-electron chi connectivity index (χ0n) is 61.3. The average molecular weight is 1400 g/mol. The number of ether oxygens (including phenoxy) is 4. The molecule has 17 nitrogen and oxygen atoms in total. The van der Waals surface area contributed by atoms with Gasteiger partial charge in [0.2, 0.25) is 0 Å². The molecule has 0 fully saturated rings. The Bertz CT molecular complexity index is 2010. The normalized spacial score (nSPS) is 14.2. The first-order valence-corrected chi connectivity index (χ1v) is 41.9. The van der Waals surface area contributed by atoms with E-state index < -0.39 is 97.5 Å². The lowest BCUT2D eigenvalue weighted by Crippen LogP contribution is -2.30. The second-order valence-electron chi connectivity index (χ2n) is 26.3. The molecular formula is C77H142O17P2. The maximum atomic E-state index is 13.1. The van der Waals surface area contributed by atoms with Crippen LogP contribution in [-0.4, -0.2) is 96.7 Å². The average Bonchev–Trinajstić information content (AvgIpc) is 2.18. The zero-order valence-corrected chi connectivity index (χ0v) is 63.1. The molecule has 0 saturated carbocycles. The molecule has 0 bridgehead atoms. The minimum atomic E-state index is -4.97. The molecule has 19 heteroatoms. The van der Waals surface area contributed by atoms with Gasteiger partial charge >= 0.3 is 39.5 Å². The summed E-state index contributed by atoms with van der Waals surface area (Å²) in [5.74, 6) is -2.16. The topological polar surface area (TPSA) is 237 Å². The van der Waals surface area contributed by atoms with Gasteiger partial charge in [-0.05, 0) is 83.5 Å². The fraction of sp³-hybridized carbons (Fsp3) is 0.844. The number of rotatable bonds is 74. The van der Waals surface area contributed by atoms with Crippen LogP contribution < -0.4 is 0 Å². The third-order valence-electron chi connectivity index (χ3n) is 16.8. The summed E-state index contributed by atoms with van der Waals surface area (Å²) in [6.45, 7) is 4.80. The maximum absolute atomic E-state index is 13.1. The summed E-state index contributed by atoms with van der Waals surface area (Å²) in [6, 6.07) is 0. The molecule has 0 heterocycles. The van der Waals surface area contributed by atoms with Gasteiger partial charge in [-0.25, -0.2) is 9.13 Å². The van der Waals surface area contributed by atoms with Crippen molar-refractivity contribution in [1.29, 1.82) is 0 Å². The van der Waals surface area contributed by atoms with Gasteiger partial charge in [-0.15, -0.1) is 0 Å². The van der Waals surface area contributed by atoms with Gasteiger partial charge in [0, 0.05) is 25.7 Å². The van der Waals surface area contributed by atoms with Crippen LogP contribution in [0.25, 0.3) is 0 Å². The second-order valence-corrected chi connectivity index (χ2v) is 29.2. The van der Waals surface area contributed by atoms with Crippen LogP contribution in [0.5, 0.6) is 0 Å². The molecule has 0 spiro atoms. The number of aliphatic hydroxyl groups is 1. The quantitative estimate of drug-likeness (QED) is 0.0169. The summed E-state index contributed by atoms with van der Waals surface area (Å²) in [5, 5.41) is 10.6. The number of hydrogen-bond acceptors (Lipinski definition) is 15. The van der Waals surface area contributed by atoms with Crippen molar-refractivity contribution in [2.45, 2.75) is 380 Å². The van der Waals surface area contributed by atoms with Crippen LogP contribution in [0.2, 0.25) is 0 Å². The van der Waals surface area contributed by atoms with Crippen molar-refractivity contribution in [2.24, 2.45) is 0 Å². The fourth-order valence-corrected chi connectivity index (χ4v) is 12.5.